The molecular weight excluding hydrogens is 309 g/mol. The molecule has 0 aliphatic rings. The van der Waals surface area contributed by atoms with Gasteiger partial charge in [-0.15, -0.1) is 11.8 Å². The van der Waals surface area contributed by atoms with Gasteiger partial charge in [-0.1, -0.05) is 12.1 Å². The van der Waals surface area contributed by atoms with Crippen LogP contribution in [0.5, 0.6) is 0 Å². The maximum Gasteiger partial charge on any atom is 0.232 e. The standard InChI is InChI=1S/C14H16FN3OS2/c1-10-13(17-21-16-10)8-20-9-14(19)18(2)7-11-3-5-12(15)6-4-11/h3-6H,7-9H2,1-2H3. The molecule has 0 saturated heterocycles. The van der Waals surface area contributed by atoms with Crippen LogP contribution in [0, 0.1) is 12.7 Å². The Morgan fingerprint density at radius 2 is 2.05 bits per heavy atom. The lowest BCUT2D eigenvalue weighted by Gasteiger charge is -2.17. The SMILES string of the molecule is Cc1nsnc1CSCC(=O)N(C)Cc1ccc(F)cc1. The highest BCUT2D eigenvalue weighted by Crippen LogP contribution is 2.15. The summed E-state index contributed by atoms with van der Waals surface area (Å²) in [5, 5.41) is 0. The van der Waals surface area contributed by atoms with Crippen molar-refractivity contribution in [2.75, 3.05) is 12.8 Å². The first kappa shape index (κ1) is 15.9. The Kier molecular flexibility index (Phi) is 5.69. The number of aromatic nitrogens is 2. The first-order valence-electron chi connectivity index (χ1n) is 6.40. The fraction of sp³-hybridized carbons (Fsp3) is 0.357. The van der Waals surface area contributed by atoms with Crippen molar-refractivity contribution in [3.05, 3.63) is 47.0 Å². The van der Waals surface area contributed by atoms with Crippen molar-refractivity contribution < 1.29 is 9.18 Å². The van der Waals surface area contributed by atoms with Gasteiger partial charge in [-0.05, 0) is 24.6 Å². The minimum atomic E-state index is -0.268. The summed E-state index contributed by atoms with van der Waals surface area (Å²) in [5.74, 6) is 0.869. The van der Waals surface area contributed by atoms with E-state index in [0.717, 1.165) is 17.0 Å². The van der Waals surface area contributed by atoms with Crippen LogP contribution in [0.1, 0.15) is 17.0 Å². The molecule has 0 fully saturated rings. The highest BCUT2D eigenvalue weighted by molar-refractivity contribution is 7.99. The van der Waals surface area contributed by atoms with Gasteiger partial charge in [-0.3, -0.25) is 4.79 Å². The second-order valence-corrected chi connectivity index (χ2v) is 6.18. The number of benzene rings is 1. The van der Waals surface area contributed by atoms with E-state index in [0.29, 0.717) is 18.1 Å². The van der Waals surface area contributed by atoms with Gasteiger partial charge in [0.05, 0.1) is 28.9 Å². The van der Waals surface area contributed by atoms with Gasteiger partial charge < -0.3 is 4.90 Å². The van der Waals surface area contributed by atoms with Crippen LogP contribution < -0.4 is 0 Å². The number of hydrogen-bond donors (Lipinski definition) is 0. The molecule has 1 heterocycles. The molecule has 0 atom stereocenters. The molecule has 2 aromatic rings. The van der Waals surface area contributed by atoms with Gasteiger partial charge in [-0.25, -0.2) is 4.39 Å². The Labute approximate surface area is 131 Å². The third-order valence-electron chi connectivity index (χ3n) is 2.97. The van der Waals surface area contributed by atoms with Gasteiger partial charge in [0.25, 0.3) is 0 Å². The smallest absolute Gasteiger partial charge is 0.232 e. The number of aryl methyl sites for hydroxylation is 1. The quantitative estimate of drug-likeness (QED) is 0.819. The van der Waals surface area contributed by atoms with E-state index in [2.05, 4.69) is 8.75 Å². The molecule has 0 radical (unpaired) electrons. The van der Waals surface area contributed by atoms with Crippen molar-refractivity contribution in [1.82, 2.24) is 13.6 Å². The van der Waals surface area contributed by atoms with E-state index in [1.165, 1.54) is 35.6 Å². The number of nitrogens with zero attached hydrogens (tertiary/aromatic N) is 3. The van der Waals surface area contributed by atoms with E-state index in [1.807, 2.05) is 6.92 Å². The molecule has 1 aromatic carbocycles. The van der Waals surface area contributed by atoms with Gasteiger partial charge in [0.1, 0.15) is 5.82 Å². The molecule has 112 valence electrons. The summed E-state index contributed by atoms with van der Waals surface area (Å²) in [6.45, 7) is 2.40. The number of rotatable bonds is 6. The molecule has 0 aliphatic carbocycles. The lowest BCUT2D eigenvalue weighted by Crippen LogP contribution is -2.27. The highest BCUT2D eigenvalue weighted by Gasteiger charge is 2.11. The van der Waals surface area contributed by atoms with E-state index < -0.39 is 0 Å². The van der Waals surface area contributed by atoms with Crippen molar-refractivity contribution in [1.29, 1.82) is 0 Å². The molecular formula is C14H16FN3OS2. The minimum Gasteiger partial charge on any atom is -0.341 e. The predicted molar refractivity (Wildman–Crippen MR) is 83.7 cm³/mol. The van der Waals surface area contributed by atoms with Crippen LogP contribution >= 0.6 is 23.5 Å². The first-order valence-corrected chi connectivity index (χ1v) is 8.29. The summed E-state index contributed by atoms with van der Waals surface area (Å²) >= 11 is 2.72. The van der Waals surface area contributed by atoms with Crippen molar-refractivity contribution in [3.8, 4) is 0 Å². The number of carbonyl (C=O) groups is 1. The summed E-state index contributed by atoms with van der Waals surface area (Å²) in [6, 6.07) is 6.19. The zero-order chi connectivity index (χ0) is 15.2. The summed E-state index contributed by atoms with van der Waals surface area (Å²) < 4.78 is 21.1. The van der Waals surface area contributed by atoms with Gasteiger partial charge in [0, 0.05) is 19.3 Å². The van der Waals surface area contributed by atoms with Gasteiger partial charge in [0.2, 0.25) is 5.91 Å². The van der Waals surface area contributed by atoms with E-state index in [4.69, 9.17) is 0 Å². The number of amides is 1. The number of carbonyl (C=O) groups excluding carboxylic acids is 1. The second kappa shape index (κ2) is 7.51. The third-order valence-corrected chi connectivity index (χ3v) is 4.56. The Bertz CT molecular complexity index is 601. The first-order chi connectivity index (χ1) is 10.1. The van der Waals surface area contributed by atoms with Crippen LogP contribution in [-0.2, 0) is 17.1 Å². The molecule has 0 N–H and O–H groups in total. The topological polar surface area (TPSA) is 46.1 Å². The van der Waals surface area contributed by atoms with Crippen LogP contribution in [0.25, 0.3) is 0 Å². The molecule has 1 amide bonds. The molecule has 0 aliphatic heterocycles. The van der Waals surface area contributed by atoms with Crippen LogP contribution in [0.3, 0.4) is 0 Å². The molecule has 1 aromatic heterocycles. The van der Waals surface area contributed by atoms with Crippen LogP contribution in [0.15, 0.2) is 24.3 Å². The Morgan fingerprint density at radius 1 is 1.33 bits per heavy atom. The van der Waals surface area contributed by atoms with Crippen molar-refractivity contribution in [2.24, 2.45) is 0 Å². The van der Waals surface area contributed by atoms with Crippen molar-refractivity contribution in [2.45, 2.75) is 19.2 Å². The predicted octanol–water partition coefficient (Wildman–Crippen LogP) is 2.88. The van der Waals surface area contributed by atoms with Gasteiger partial charge in [-0.2, -0.15) is 8.75 Å². The van der Waals surface area contributed by atoms with E-state index in [9.17, 15) is 9.18 Å². The van der Waals surface area contributed by atoms with E-state index >= 15 is 0 Å². The van der Waals surface area contributed by atoms with E-state index in [1.54, 1.807) is 24.1 Å². The Morgan fingerprint density at radius 3 is 2.67 bits per heavy atom. The van der Waals surface area contributed by atoms with Gasteiger partial charge >= 0.3 is 0 Å². The minimum absolute atomic E-state index is 0.0465. The largest absolute Gasteiger partial charge is 0.341 e. The number of thioether (sulfide) groups is 1. The molecule has 0 bridgehead atoms. The lowest BCUT2D eigenvalue weighted by atomic mass is 10.2. The molecule has 7 heteroatoms. The Hall–Kier alpha value is -1.47. The molecule has 2 rings (SSSR count). The normalized spacial score (nSPS) is 10.6. The average Bonchev–Trinajstić information content (AvgIpc) is 2.87. The maximum absolute atomic E-state index is 12.8. The average molecular weight is 325 g/mol. The number of halogens is 1. The van der Waals surface area contributed by atoms with Crippen LogP contribution in [0.2, 0.25) is 0 Å². The second-order valence-electron chi connectivity index (χ2n) is 4.67. The zero-order valence-corrected chi connectivity index (χ0v) is 13.5. The summed E-state index contributed by atoms with van der Waals surface area (Å²) in [5.41, 5.74) is 2.79. The fourth-order valence-electron chi connectivity index (χ4n) is 1.68. The summed E-state index contributed by atoms with van der Waals surface area (Å²) in [4.78, 5) is 13.7. The maximum atomic E-state index is 12.8. The Balaban J connectivity index is 1.77. The van der Waals surface area contributed by atoms with Crippen LogP contribution in [-0.4, -0.2) is 32.4 Å². The zero-order valence-electron chi connectivity index (χ0n) is 11.9. The molecule has 0 unspecified atom stereocenters. The van der Waals surface area contributed by atoms with Crippen molar-refractivity contribution in [3.63, 3.8) is 0 Å². The summed E-state index contributed by atoms with van der Waals surface area (Å²) in [7, 11) is 1.75. The molecule has 0 saturated carbocycles. The number of hydrogen-bond acceptors (Lipinski definition) is 5. The molecule has 21 heavy (non-hydrogen) atoms. The summed E-state index contributed by atoms with van der Waals surface area (Å²) in [6.07, 6.45) is 0. The van der Waals surface area contributed by atoms with E-state index in [-0.39, 0.29) is 11.7 Å². The monoisotopic (exact) mass is 325 g/mol. The van der Waals surface area contributed by atoms with Crippen molar-refractivity contribution >= 4 is 29.4 Å². The molecule has 4 nitrogen and oxygen atoms in total. The third kappa shape index (κ3) is 4.78. The molecule has 0 spiro atoms. The lowest BCUT2D eigenvalue weighted by molar-refractivity contribution is -0.127. The highest BCUT2D eigenvalue weighted by atomic mass is 32.2. The van der Waals surface area contributed by atoms with Crippen LogP contribution in [0.4, 0.5) is 4.39 Å². The van der Waals surface area contributed by atoms with Gasteiger partial charge in [0.15, 0.2) is 0 Å². The fourth-order valence-corrected chi connectivity index (χ4v) is 3.29.